The summed E-state index contributed by atoms with van der Waals surface area (Å²) in [4.78, 5) is 22.7. The zero-order valence-electron chi connectivity index (χ0n) is 13.7. The van der Waals surface area contributed by atoms with E-state index in [4.69, 9.17) is 0 Å². The molecule has 0 aliphatic rings. The Kier molecular flexibility index (Phi) is 6.19. The van der Waals surface area contributed by atoms with Crippen LogP contribution in [-0.2, 0) is 22.6 Å². The largest absolute Gasteiger partial charge is 0.465 e. The van der Waals surface area contributed by atoms with E-state index < -0.39 is 0 Å². The van der Waals surface area contributed by atoms with Gasteiger partial charge in [-0.25, -0.2) is 18.7 Å². The van der Waals surface area contributed by atoms with Crippen LogP contribution in [0.4, 0.5) is 0 Å². The Morgan fingerprint density at radius 3 is 1.42 bits per heavy atom. The highest BCUT2D eigenvalue weighted by Crippen LogP contribution is 1.98. The van der Waals surface area contributed by atoms with Crippen LogP contribution in [-0.4, -0.2) is 26.2 Å². The summed E-state index contributed by atoms with van der Waals surface area (Å²) >= 11 is 0. The maximum Gasteiger partial charge on any atom is 0.338 e. The maximum absolute atomic E-state index is 11.4. The Labute approximate surface area is 140 Å². The van der Waals surface area contributed by atoms with Crippen LogP contribution in [0, 0.1) is 0 Å². The fraction of sp³-hybridized carbons (Fsp3) is 0.222. The van der Waals surface area contributed by atoms with Crippen molar-refractivity contribution >= 4 is 11.9 Å². The summed E-state index contributed by atoms with van der Waals surface area (Å²) in [5.41, 5.74) is 1.05. The van der Waals surface area contributed by atoms with Crippen molar-refractivity contribution < 1.29 is 28.2 Å². The Balaban J connectivity index is 1.86. The number of rotatable bonds is 6. The van der Waals surface area contributed by atoms with Crippen molar-refractivity contribution in [2.75, 3.05) is 14.2 Å². The molecule has 0 N–H and O–H groups in total. The number of esters is 2. The number of allylic oxidation sites excluding steroid dienone is 2. The van der Waals surface area contributed by atoms with E-state index in [0.29, 0.717) is 24.2 Å². The second-order valence-electron chi connectivity index (χ2n) is 5.02. The lowest BCUT2D eigenvalue weighted by Gasteiger charge is -1.98. The van der Waals surface area contributed by atoms with Gasteiger partial charge in [-0.1, -0.05) is 0 Å². The molecule has 0 amide bonds. The molecule has 0 fully saturated rings. The number of aromatic nitrogens is 2. The first-order valence-corrected chi connectivity index (χ1v) is 7.44. The topological polar surface area (TPSA) is 60.4 Å². The van der Waals surface area contributed by atoms with Crippen LogP contribution in [0.25, 0.3) is 0 Å². The Morgan fingerprint density at radius 1 is 0.792 bits per heavy atom. The molecule has 0 saturated carbocycles. The molecule has 0 radical (unpaired) electrons. The van der Waals surface area contributed by atoms with E-state index >= 15 is 0 Å². The lowest BCUT2D eigenvalue weighted by atomic mass is 10.2. The van der Waals surface area contributed by atoms with Crippen molar-refractivity contribution in [3.63, 3.8) is 0 Å². The zero-order chi connectivity index (χ0) is 17.4. The lowest BCUT2D eigenvalue weighted by molar-refractivity contribution is -0.691. The van der Waals surface area contributed by atoms with Crippen LogP contribution in [0.5, 0.6) is 0 Å². The molecule has 0 atom stereocenters. The molecule has 0 unspecified atom stereocenters. The van der Waals surface area contributed by atoms with Gasteiger partial charge >= 0.3 is 11.9 Å². The summed E-state index contributed by atoms with van der Waals surface area (Å²) in [7, 11) is 2.73. The Hall–Kier alpha value is -3.02. The SMILES string of the molecule is COC(=O)c1cc[n+](C/C=C/C[n+]2ccc(C(=O)OC)cc2)cc1. The van der Waals surface area contributed by atoms with Crippen LogP contribution in [0.1, 0.15) is 20.7 Å². The van der Waals surface area contributed by atoms with Gasteiger partial charge in [0.1, 0.15) is 0 Å². The lowest BCUT2D eigenvalue weighted by Crippen LogP contribution is -2.33. The molecule has 24 heavy (non-hydrogen) atoms. The molecule has 2 aromatic heterocycles. The van der Waals surface area contributed by atoms with Crippen molar-refractivity contribution in [1.29, 1.82) is 0 Å². The highest BCUT2D eigenvalue weighted by molar-refractivity contribution is 5.89. The van der Waals surface area contributed by atoms with Gasteiger partial charge in [0.2, 0.25) is 0 Å². The first kappa shape index (κ1) is 17.3. The number of ether oxygens (including phenoxy) is 2. The van der Waals surface area contributed by atoms with Gasteiger partial charge in [0.15, 0.2) is 37.9 Å². The smallest absolute Gasteiger partial charge is 0.338 e. The monoisotopic (exact) mass is 328 g/mol. The van der Waals surface area contributed by atoms with Gasteiger partial charge in [0, 0.05) is 24.3 Å². The fourth-order valence-corrected chi connectivity index (χ4v) is 2.06. The van der Waals surface area contributed by atoms with E-state index in [0.717, 1.165) is 0 Å². The number of methoxy groups -OCH3 is 2. The van der Waals surface area contributed by atoms with E-state index in [-0.39, 0.29) is 11.9 Å². The Morgan fingerprint density at radius 2 is 1.12 bits per heavy atom. The number of nitrogens with zero attached hydrogens (tertiary/aromatic N) is 2. The Bertz CT molecular complexity index is 658. The molecular formula is C18H20N2O4+2. The summed E-state index contributed by atoms with van der Waals surface area (Å²) in [5, 5.41) is 0. The van der Waals surface area contributed by atoms with Gasteiger partial charge in [-0.3, -0.25) is 0 Å². The van der Waals surface area contributed by atoms with Crippen molar-refractivity contribution in [3.05, 3.63) is 72.3 Å². The minimum atomic E-state index is -0.343. The standard InChI is InChI=1S/C18H20N2O4/c1-23-17(21)15-5-11-19(12-6-15)9-3-4-10-20-13-7-16(8-14-20)18(22)24-2/h3-8,11-14H,9-10H2,1-2H3/q+2/b4-3+. The first-order chi connectivity index (χ1) is 11.6. The maximum atomic E-state index is 11.4. The van der Waals surface area contributed by atoms with Gasteiger partial charge in [-0.15, -0.1) is 0 Å². The zero-order valence-corrected chi connectivity index (χ0v) is 13.7. The van der Waals surface area contributed by atoms with Crippen molar-refractivity contribution in [3.8, 4) is 0 Å². The summed E-state index contributed by atoms with van der Waals surface area (Å²) in [6, 6.07) is 6.89. The normalized spacial score (nSPS) is 10.6. The van der Waals surface area contributed by atoms with E-state index in [9.17, 15) is 9.59 Å². The molecule has 124 valence electrons. The average molecular weight is 328 g/mol. The number of carbonyl (C=O) groups excluding carboxylic acids is 2. The summed E-state index contributed by atoms with van der Waals surface area (Å²) < 4.78 is 13.2. The molecule has 0 aliphatic heterocycles. The minimum Gasteiger partial charge on any atom is -0.465 e. The quantitative estimate of drug-likeness (QED) is 0.452. The van der Waals surface area contributed by atoms with Gasteiger partial charge in [-0.05, 0) is 12.2 Å². The van der Waals surface area contributed by atoms with Crippen LogP contribution in [0.15, 0.2) is 61.2 Å². The van der Waals surface area contributed by atoms with Crippen LogP contribution in [0.3, 0.4) is 0 Å². The molecule has 6 heteroatoms. The van der Waals surface area contributed by atoms with E-state index in [1.165, 1.54) is 14.2 Å². The van der Waals surface area contributed by atoms with E-state index in [2.05, 4.69) is 9.47 Å². The third-order valence-electron chi connectivity index (χ3n) is 3.42. The highest BCUT2D eigenvalue weighted by Gasteiger charge is 2.08. The molecule has 0 saturated heterocycles. The van der Waals surface area contributed by atoms with E-state index in [1.54, 1.807) is 24.3 Å². The van der Waals surface area contributed by atoms with Gasteiger partial charge < -0.3 is 9.47 Å². The van der Waals surface area contributed by atoms with Crippen molar-refractivity contribution in [2.24, 2.45) is 0 Å². The van der Waals surface area contributed by atoms with Gasteiger partial charge in [0.25, 0.3) is 0 Å². The second kappa shape index (κ2) is 8.57. The molecule has 0 aliphatic carbocycles. The first-order valence-electron chi connectivity index (χ1n) is 7.44. The summed E-state index contributed by atoms with van der Waals surface area (Å²) in [6.45, 7) is 1.39. The molecule has 2 aromatic rings. The van der Waals surface area contributed by atoms with Crippen LogP contribution >= 0.6 is 0 Å². The van der Waals surface area contributed by atoms with Crippen molar-refractivity contribution in [1.82, 2.24) is 0 Å². The number of pyridine rings is 2. The number of carbonyl (C=O) groups is 2. The second-order valence-corrected chi connectivity index (χ2v) is 5.02. The molecule has 0 aromatic carbocycles. The average Bonchev–Trinajstić information content (AvgIpc) is 2.65. The van der Waals surface area contributed by atoms with E-state index in [1.807, 2.05) is 46.1 Å². The predicted octanol–water partition coefficient (Wildman–Crippen LogP) is 1.09. The molecule has 2 rings (SSSR count). The minimum absolute atomic E-state index is 0.343. The molecule has 2 heterocycles. The number of hydrogen-bond acceptors (Lipinski definition) is 4. The van der Waals surface area contributed by atoms with Crippen molar-refractivity contribution in [2.45, 2.75) is 13.1 Å². The van der Waals surface area contributed by atoms with Crippen LogP contribution in [0.2, 0.25) is 0 Å². The molecule has 0 bridgehead atoms. The molecular weight excluding hydrogens is 308 g/mol. The number of hydrogen-bond donors (Lipinski definition) is 0. The third-order valence-corrected chi connectivity index (χ3v) is 3.42. The summed E-state index contributed by atoms with van der Waals surface area (Å²) in [6.07, 6.45) is 11.4. The fourth-order valence-electron chi connectivity index (χ4n) is 2.06. The van der Waals surface area contributed by atoms with Gasteiger partial charge in [-0.2, -0.15) is 0 Å². The molecule has 6 nitrogen and oxygen atoms in total. The molecule has 0 spiro atoms. The van der Waals surface area contributed by atoms with Gasteiger partial charge in [0.05, 0.1) is 25.3 Å². The summed E-state index contributed by atoms with van der Waals surface area (Å²) in [5.74, 6) is -0.686. The highest BCUT2D eigenvalue weighted by atomic mass is 16.5. The predicted molar refractivity (Wildman–Crippen MR) is 85.1 cm³/mol. The third kappa shape index (κ3) is 4.74. The van der Waals surface area contributed by atoms with Crippen LogP contribution < -0.4 is 9.13 Å².